The predicted molar refractivity (Wildman–Crippen MR) is 79.5 cm³/mol. The third-order valence-electron chi connectivity index (χ3n) is 3.55. The van der Waals surface area contributed by atoms with Crippen LogP contribution in [-0.2, 0) is 12.8 Å². The quantitative estimate of drug-likeness (QED) is 0.877. The molecule has 1 atom stereocenters. The molecule has 0 amide bonds. The maximum atomic E-state index is 5.54. The molecule has 2 rings (SSSR count). The van der Waals surface area contributed by atoms with E-state index in [1.54, 1.807) is 6.26 Å². The highest BCUT2D eigenvalue weighted by molar-refractivity contribution is 5.31. The van der Waals surface area contributed by atoms with Gasteiger partial charge < -0.3 is 9.73 Å². The van der Waals surface area contributed by atoms with Crippen molar-refractivity contribution in [3.8, 4) is 0 Å². The molecule has 0 radical (unpaired) electrons. The molecule has 2 nitrogen and oxygen atoms in total. The molecule has 0 saturated carbocycles. The zero-order chi connectivity index (χ0) is 13.8. The summed E-state index contributed by atoms with van der Waals surface area (Å²) in [5.41, 5.74) is 5.31. The zero-order valence-corrected chi connectivity index (χ0v) is 12.3. The molecular formula is C17H23NO. The Morgan fingerprint density at radius 2 is 1.84 bits per heavy atom. The van der Waals surface area contributed by atoms with Gasteiger partial charge in [0.05, 0.1) is 6.26 Å². The zero-order valence-electron chi connectivity index (χ0n) is 12.3. The van der Waals surface area contributed by atoms with E-state index in [9.17, 15) is 0 Å². The van der Waals surface area contributed by atoms with Gasteiger partial charge in [0.25, 0.3) is 0 Å². The summed E-state index contributed by atoms with van der Waals surface area (Å²) >= 11 is 0. The van der Waals surface area contributed by atoms with Crippen molar-refractivity contribution in [3.05, 3.63) is 58.5 Å². The predicted octanol–water partition coefficient (Wildman–Crippen LogP) is 3.96. The van der Waals surface area contributed by atoms with E-state index < -0.39 is 0 Å². The minimum Gasteiger partial charge on any atom is -0.469 e. The van der Waals surface area contributed by atoms with E-state index >= 15 is 0 Å². The molecule has 0 aliphatic heterocycles. The monoisotopic (exact) mass is 257 g/mol. The molecule has 1 unspecified atom stereocenters. The van der Waals surface area contributed by atoms with Gasteiger partial charge in [0, 0.05) is 18.0 Å². The van der Waals surface area contributed by atoms with Crippen LogP contribution in [0, 0.1) is 13.8 Å². The van der Waals surface area contributed by atoms with Gasteiger partial charge >= 0.3 is 0 Å². The van der Waals surface area contributed by atoms with Crippen molar-refractivity contribution in [3.63, 3.8) is 0 Å². The highest BCUT2D eigenvalue weighted by atomic mass is 16.3. The summed E-state index contributed by atoms with van der Waals surface area (Å²) in [5, 5.41) is 3.41. The Kier molecular flexibility index (Phi) is 4.43. The number of benzene rings is 1. The largest absolute Gasteiger partial charge is 0.469 e. The third kappa shape index (κ3) is 3.27. The van der Waals surface area contributed by atoms with Gasteiger partial charge in [-0.15, -0.1) is 0 Å². The summed E-state index contributed by atoms with van der Waals surface area (Å²) in [6.45, 7) is 6.44. The number of rotatable bonds is 5. The number of hydrogen-bond acceptors (Lipinski definition) is 2. The number of furan rings is 1. The minimum absolute atomic E-state index is 0.315. The average molecular weight is 257 g/mol. The van der Waals surface area contributed by atoms with E-state index in [0.29, 0.717) is 6.04 Å². The van der Waals surface area contributed by atoms with Crippen LogP contribution in [0.3, 0.4) is 0 Å². The van der Waals surface area contributed by atoms with Crippen molar-refractivity contribution in [2.24, 2.45) is 0 Å². The molecule has 0 fully saturated rings. The molecule has 0 bridgehead atoms. The highest BCUT2D eigenvalue weighted by Crippen LogP contribution is 2.24. The molecule has 1 aromatic heterocycles. The van der Waals surface area contributed by atoms with E-state index in [1.807, 2.05) is 7.05 Å². The van der Waals surface area contributed by atoms with E-state index in [4.69, 9.17) is 4.42 Å². The van der Waals surface area contributed by atoms with E-state index in [1.165, 1.54) is 22.3 Å². The van der Waals surface area contributed by atoms with E-state index in [-0.39, 0.29) is 0 Å². The molecule has 1 N–H and O–H groups in total. The lowest BCUT2D eigenvalue weighted by atomic mass is 9.96. The number of likely N-dealkylation sites (N-methyl/N-ethyl adjacent to an activating group) is 1. The Morgan fingerprint density at radius 3 is 2.42 bits per heavy atom. The van der Waals surface area contributed by atoms with Gasteiger partial charge in [-0.2, -0.15) is 0 Å². The van der Waals surface area contributed by atoms with Gasteiger partial charge in [-0.3, -0.25) is 0 Å². The normalized spacial score (nSPS) is 12.6. The second-order valence-electron chi connectivity index (χ2n) is 5.19. The van der Waals surface area contributed by atoms with Crippen molar-refractivity contribution in [2.75, 3.05) is 7.05 Å². The third-order valence-corrected chi connectivity index (χ3v) is 3.55. The molecule has 0 aliphatic rings. The maximum Gasteiger partial charge on any atom is 0.108 e. The summed E-state index contributed by atoms with van der Waals surface area (Å²) in [5.74, 6) is 1.09. The Labute approximate surface area is 115 Å². The summed E-state index contributed by atoms with van der Waals surface area (Å²) in [4.78, 5) is 0. The van der Waals surface area contributed by atoms with Crippen LogP contribution in [0.4, 0.5) is 0 Å². The fraction of sp³-hybridized carbons (Fsp3) is 0.412. The van der Waals surface area contributed by atoms with Crippen LogP contribution in [0.1, 0.15) is 41.0 Å². The van der Waals surface area contributed by atoms with Crippen LogP contribution in [0.15, 0.2) is 34.9 Å². The lowest BCUT2D eigenvalue weighted by molar-refractivity contribution is 0.495. The fourth-order valence-electron chi connectivity index (χ4n) is 2.74. The van der Waals surface area contributed by atoms with Gasteiger partial charge in [0.15, 0.2) is 0 Å². The fourth-order valence-corrected chi connectivity index (χ4v) is 2.74. The molecule has 1 heterocycles. The molecule has 2 heteroatoms. The molecular weight excluding hydrogens is 234 g/mol. The summed E-state index contributed by atoms with van der Waals surface area (Å²) < 4.78 is 5.54. The maximum absolute atomic E-state index is 5.54. The van der Waals surface area contributed by atoms with Crippen LogP contribution < -0.4 is 5.32 Å². The van der Waals surface area contributed by atoms with Crippen LogP contribution >= 0.6 is 0 Å². The Balaban J connectivity index is 2.24. The Bertz CT molecular complexity index is 522. The lowest BCUT2D eigenvalue weighted by Gasteiger charge is -2.17. The van der Waals surface area contributed by atoms with E-state index in [0.717, 1.165) is 18.6 Å². The van der Waals surface area contributed by atoms with Crippen LogP contribution in [0.5, 0.6) is 0 Å². The number of aryl methyl sites for hydroxylation is 3. The number of hydrogen-bond donors (Lipinski definition) is 1. The van der Waals surface area contributed by atoms with Crippen molar-refractivity contribution < 1.29 is 4.42 Å². The van der Waals surface area contributed by atoms with Crippen LogP contribution in [0.25, 0.3) is 0 Å². The Hall–Kier alpha value is -1.54. The minimum atomic E-state index is 0.315. The van der Waals surface area contributed by atoms with Crippen molar-refractivity contribution >= 4 is 0 Å². The first-order chi connectivity index (χ1) is 9.13. The molecule has 0 saturated heterocycles. The van der Waals surface area contributed by atoms with Gasteiger partial charge in [0.2, 0.25) is 0 Å². The van der Waals surface area contributed by atoms with Gasteiger partial charge in [-0.25, -0.2) is 0 Å². The van der Waals surface area contributed by atoms with Crippen molar-refractivity contribution in [1.82, 2.24) is 5.32 Å². The standard InChI is InChI=1S/C17H23NO/c1-5-17-15(6-7-19-17)16(18-4)11-14-9-12(2)8-13(3)10-14/h6-10,16,18H,5,11H2,1-4H3. The average Bonchev–Trinajstić information content (AvgIpc) is 2.82. The van der Waals surface area contributed by atoms with Gasteiger partial charge in [-0.1, -0.05) is 36.2 Å². The molecule has 1 aromatic carbocycles. The first-order valence-electron chi connectivity index (χ1n) is 6.94. The Morgan fingerprint density at radius 1 is 1.16 bits per heavy atom. The second-order valence-corrected chi connectivity index (χ2v) is 5.19. The second kappa shape index (κ2) is 6.07. The van der Waals surface area contributed by atoms with Crippen molar-refractivity contribution in [2.45, 2.75) is 39.7 Å². The molecule has 102 valence electrons. The van der Waals surface area contributed by atoms with Crippen LogP contribution in [0.2, 0.25) is 0 Å². The highest BCUT2D eigenvalue weighted by Gasteiger charge is 2.16. The summed E-state index contributed by atoms with van der Waals surface area (Å²) in [7, 11) is 2.01. The molecule has 0 spiro atoms. The lowest BCUT2D eigenvalue weighted by Crippen LogP contribution is -2.19. The summed E-state index contributed by atoms with van der Waals surface area (Å²) in [6.07, 6.45) is 3.72. The topological polar surface area (TPSA) is 25.2 Å². The SMILES string of the molecule is CCc1occc1C(Cc1cc(C)cc(C)c1)NC. The van der Waals surface area contributed by atoms with Gasteiger partial charge in [0.1, 0.15) is 5.76 Å². The van der Waals surface area contributed by atoms with Crippen molar-refractivity contribution in [1.29, 1.82) is 0 Å². The van der Waals surface area contributed by atoms with Gasteiger partial charge in [-0.05, 0) is 38.9 Å². The number of nitrogens with one attached hydrogen (secondary N) is 1. The van der Waals surface area contributed by atoms with Crippen LogP contribution in [-0.4, -0.2) is 7.05 Å². The molecule has 2 aromatic rings. The molecule has 19 heavy (non-hydrogen) atoms. The van der Waals surface area contributed by atoms with E-state index in [2.05, 4.69) is 50.4 Å². The summed E-state index contributed by atoms with van der Waals surface area (Å²) in [6, 6.07) is 9.15. The first-order valence-corrected chi connectivity index (χ1v) is 6.94. The molecule has 0 aliphatic carbocycles. The first kappa shape index (κ1) is 13.9. The smallest absolute Gasteiger partial charge is 0.108 e.